The lowest BCUT2D eigenvalue weighted by atomic mass is 9.85. The largest absolute Gasteiger partial charge is 0.482 e. The van der Waals surface area contributed by atoms with Crippen molar-refractivity contribution in [2.24, 2.45) is 23.7 Å². The summed E-state index contributed by atoms with van der Waals surface area (Å²) in [4.78, 5) is 40.0. The number of ether oxygens (including phenoxy) is 1. The van der Waals surface area contributed by atoms with Crippen LogP contribution in [0.3, 0.4) is 0 Å². The normalized spacial score (nSPS) is 27.5. The lowest BCUT2D eigenvalue weighted by Crippen LogP contribution is -2.33. The molecule has 2 aromatic carbocycles. The van der Waals surface area contributed by atoms with Gasteiger partial charge in [-0.1, -0.05) is 48.0 Å². The highest BCUT2D eigenvalue weighted by Crippen LogP contribution is 2.53. The van der Waals surface area contributed by atoms with Gasteiger partial charge in [0.15, 0.2) is 6.10 Å². The fourth-order valence-corrected chi connectivity index (χ4v) is 5.06. The van der Waals surface area contributed by atoms with Crippen LogP contribution in [0.4, 0.5) is 5.69 Å². The molecule has 0 spiro atoms. The number of hydrogen-bond acceptors (Lipinski definition) is 4. The van der Waals surface area contributed by atoms with E-state index in [1.54, 1.807) is 43.3 Å². The number of nitrogens with zero attached hydrogens (tertiary/aromatic N) is 1. The zero-order chi connectivity index (χ0) is 21.0. The second-order valence-corrected chi connectivity index (χ2v) is 8.50. The van der Waals surface area contributed by atoms with Gasteiger partial charge in [0.25, 0.3) is 0 Å². The Morgan fingerprint density at radius 1 is 1.00 bits per heavy atom. The molecular formula is C25H23NO4. The van der Waals surface area contributed by atoms with Crippen LogP contribution in [0.25, 0.3) is 0 Å². The zero-order valence-corrected chi connectivity index (χ0v) is 16.9. The molecule has 1 saturated carbocycles. The van der Waals surface area contributed by atoms with E-state index >= 15 is 0 Å². The predicted octanol–water partition coefficient (Wildman–Crippen LogP) is 3.96. The Hall–Kier alpha value is -3.21. The topological polar surface area (TPSA) is 63.7 Å². The number of carbonyl (C=O) groups excluding carboxylic acids is 3. The van der Waals surface area contributed by atoms with Crippen LogP contribution in [-0.4, -0.2) is 23.7 Å². The van der Waals surface area contributed by atoms with Gasteiger partial charge >= 0.3 is 0 Å². The molecule has 5 heteroatoms. The van der Waals surface area contributed by atoms with Gasteiger partial charge in [-0.15, -0.1) is 0 Å². The first-order valence-corrected chi connectivity index (χ1v) is 10.4. The number of ketones is 1. The molecule has 5 atom stereocenters. The SMILES string of the molecule is Cc1ccc(C(=O)[C@@H](C)Oc2cccc(N3C(=O)[C@@H]4[C@H](C3=O)[C@@H]3C=C[C@H]4C3)c2)cc1. The van der Waals surface area contributed by atoms with Gasteiger partial charge in [0.1, 0.15) is 5.75 Å². The van der Waals surface area contributed by atoms with Crippen molar-refractivity contribution in [3.8, 4) is 5.75 Å². The van der Waals surface area contributed by atoms with Crippen LogP contribution < -0.4 is 9.64 Å². The number of carbonyl (C=O) groups is 3. The lowest BCUT2D eigenvalue weighted by molar-refractivity contribution is -0.123. The van der Waals surface area contributed by atoms with Gasteiger partial charge < -0.3 is 4.74 Å². The summed E-state index contributed by atoms with van der Waals surface area (Å²) in [5.74, 6) is -0.0324. The number of benzene rings is 2. The van der Waals surface area contributed by atoms with Gasteiger partial charge in [0.2, 0.25) is 17.6 Å². The first-order valence-electron chi connectivity index (χ1n) is 10.4. The predicted molar refractivity (Wildman–Crippen MR) is 112 cm³/mol. The number of Topliss-reactive ketones (excluding diaryl/α,β-unsaturated/α-hetero) is 1. The minimum absolute atomic E-state index is 0.120. The van der Waals surface area contributed by atoms with Crippen LogP contribution in [0, 0.1) is 30.6 Å². The zero-order valence-electron chi connectivity index (χ0n) is 16.9. The minimum Gasteiger partial charge on any atom is -0.482 e. The summed E-state index contributed by atoms with van der Waals surface area (Å²) >= 11 is 0. The molecule has 0 radical (unpaired) electrons. The Bertz CT molecular complexity index is 1040. The van der Waals surface area contributed by atoms with E-state index in [1.165, 1.54) is 4.90 Å². The summed E-state index contributed by atoms with van der Waals surface area (Å²) < 4.78 is 5.87. The van der Waals surface area contributed by atoms with Crippen LogP contribution in [-0.2, 0) is 9.59 Å². The number of aryl methyl sites for hydroxylation is 1. The molecule has 1 heterocycles. The molecule has 3 aliphatic rings. The second-order valence-electron chi connectivity index (χ2n) is 8.50. The number of fused-ring (bicyclic) bond motifs is 5. The number of allylic oxidation sites excluding steroid dienone is 2. The maximum Gasteiger partial charge on any atom is 0.238 e. The molecule has 30 heavy (non-hydrogen) atoms. The molecule has 2 aromatic rings. The molecule has 2 amide bonds. The van der Waals surface area contributed by atoms with Gasteiger partial charge in [0.05, 0.1) is 17.5 Å². The first-order chi connectivity index (χ1) is 14.4. The quantitative estimate of drug-likeness (QED) is 0.432. The number of imide groups is 1. The molecule has 1 aliphatic heterocycles. The minimum atomic E-state index is -0.688. The number of amides is 2. The van der Waals surface area contributed by atoms with Crippen molar-refractivity contribution >= 4 is 23.3 Å². The highest BCUT2D eigenvalue weighted by Gasteiger charge is 2.59. The third-order valence-corrected chi connectivity index (χ3v) is 6.56. The van der Waals surface area contributed by atoms with Crippen molar-refractivity contribution in [2.45, 2.75) is 26.4 Å². The fourth-order valence-electron chi connectivity index (χ4n) is 5.06. The highest BCUT2D eigenvalue weighted by atomic mass is 16.5. The standard InChI is InChI=1S/C25H23NO4/c1-14-6-8-16(9-7-14)23(27)15(2)30-20-5-3-4-19(13-20)26-24(28)21-17-10-11-18(12-17)22(21)25(26)29/h3-11,13,15,17-18,21-22H,12H2,1-2H3/t15-,17-,18+,21-,22+/m1/s1. The summed E-state index contributed by atoms with van der Waals surface area (Å²) in [6.45, 7) is 3.67. The van der Waals surface area contributed by atoms with E-state index in [2.05, 4.69) is 12.2 Å². The Kier molecular flexibility index (Phi) is 4.35. The van der Waals surface area contributed by atoms with Crippen molar-refractivity contribution in [3.63, 3.8) is 0 Å². The van der Waals surface area contributed by atoms with Crippen molar-refractivity contribution in [2.75, 3.05) is 4.90 Å². The van der Waals surface area contributed by atoms with E-state index in [4.69, 9.17) is 4.74 Å². The van der Waals surface area contributed by atoms with Gasteiger partial charge in [-0.3, -0.25) is 14.4 Å². The molecule has 2 fully saturated rings. The Labute approximate surface area is 175 Å². The molecule has 5 nitrogen and oxygen atoms in total. The molecule has 0 aromatic heterocycles. The monoisotopic (exact) mass is 401 g/mol. The molecule has 0 unspecified atom stereocenters. The van der Waals surface area contributed by atoms with E-state index < -0.39 is 6.10 Å². The van der Waals surface area contributed by atoms with E-state index in [0.717, 1.165) is 12.0 Å². The third kappa shape index (κ3) is 2.88. The average molecular weight is 401 g/mol. The van der Waals surface area contributed by atoms with Gasteiger partial charge in [0, 0.05) is 11.6 Å². The van der Waals surface area contributed by atoms with E-state index in [9.17, 15) is 14.4 Å². The highest BCUT2D eigenvalue weighted by molar-refractivity contribution is 6.22. The molecule has 0 N–H and O–H groups in total. The van der Waals surface area contributed by atoms with Crippen molar-refractivity contribution in [1.29, 1.82) is 0 Å². The fraction of sp³-hybridized carbons (Fsp3) is 0.320. The van der Waals surface area contributed by atoms with Gasteiger partial charge in [-0.25, -0.2) is 4.90 Å². The smallest absolute Gasteiger partial charge is 0.238 e. The summed E-state index contributed by atoms with van der Waals surface area (Å²) in [5, 5.41) is 0. The molecule has 2 bridgehead atoms. The number of rotatable bonds is 5. The van der Waals surface area contributed by atoms with Crippen molar-refractivity contribution in [3.05, 3.63) is 71.8 Å². The lowest BCUT2D eigenvalue weighted by Gasteiger charge is -2.19. The summed E-state index contributed by atoms with van der Waals surface area (Å²) in [7, 11) is 0. The molecule has 1 saturated heterocycles. The molecule has 5 rings (SSSR count). The maximum atomic E-state index is 13.0. The first kappa shape index (κ1) is 18.8. The second kappa shape index (κ2) is 6.94. The molecule has 152 valence electrons. The molecule has 2 aliphatic carbocycles. The van der Waals surface area contributed by atoms with Gasteiger partial charge in [-0.05, 0) is 44.2 Å². The van der Waals surface area contributed by atoms with Crippen molar-refractivity contribution in [1.82, 2.24) is 0 Å². The third-order valence-electron chi connectivity index (χ3n) is 6.56. The molecular weight excluding hydrogens is 378 g/mol. The summed E-state index contributed by atoms with van der Waals surface area (Å²) in [6.07, 6.45) is 4.38. The summed E-state index contributed by atoms with van der Waals surface area (Å²) in [5.41, 5.74) is 2.18. The van der Waals surface area contributed by atoms with E-state index in [1.807, 2.05) is 19.1 Å². The number of anilines is 1. The van der Waals surface area contributed by atoms with Crippen LogP contribution in [0.15, 0.2) is 60.7 Å². The average Bonchev–Trinajstić information content (AvgIpc) is 3.42. The van der Waals surface area contributed by atoms with Gasteiger partial charge in [-0.2, -0.15) is 0 Å². The van der Waals surface area contributed by atoms with E-state index in [-0.39, 0.29) is 41.3 Å². The van der Waals surface area contributed by atoms with Crippen LogP contribution in [0.1, 0.15) is 29.3 Å². The Morgan fingerprint density at radius 3 is 2.27 bits per heavy atom. The van der Waals surface area contributed by atoms with Crippen LogP contribution in [0.5, 0.6) is 5.75 Å². The summed E-state index contributed by atoms with van der Waals surface area (Å²) in [6, 6.07) is 14.3. The Balaban J connectivity index is 1.35. The van der Waals surface area contributed by atoms with Crippen LogP contribution in [0.2, 0.25) is 0 Å². The van der Waals surface area contributed by atoms with Crippen LogP contribution >= 0.6 is 0 Å². The number of hydrogen-bond donors (Lipinski definition) is 0. The van der Waals surface area contributed by atoms with E-state index in [0.29, 0.717) is 17.0 Å². The Morgan fingerprint density at radius 2 is 1.63 bits per heavy atom. The maximum absolute atomic E-state index is 13.0. The van der Waals surface area contributed by atoms with Crippen molar-refractivity contribution < 1.29 is 19.1 Å².